The first kappa shape index (κ1) is 22.7. The van der Waals surface area contributed by atoms with Gasteiger partial charge in [-0.25, -0.2) is 4.79 Å². The van der Waals surface area contributed by atoms with Crippen LogP contribution in [0.3, 0.4) is 0 Å². The Balaban J connectivity index is 1.35. The average molecular weight is 462 g/mol. The van der Waals surface area contributed by atoms with Gasteiger partial charge < -0.3 is 26.0 Å². The maximum Gasteiger partial charge on any atom is 0.407 e. The van der Waals surface area contributed by atoms with Crippen LogP contribution in [0.4, 0.5) is 10.5 Å². The van der Waals surface area contributed by atoms with E-state index in [0.717, 1.165) is 34.0 Å². The minimum atomic E-state index is -1.34. The third-order valence-electron chi connectivity index (χ3n) is 5.70. The van der Waals surface area contributed by atoms with E-state index in [4.69, 9.17) is 15.7 Å². The van der Waals surface area contributed by atoms with Crippen molar-refractivity contribution in [3.05, 3.63) is 83.4 Å². The lowest BCUT2D eigenvalue weighted by Gasteiger charge is -2.21. The molecule has 0 saturated heterocycles. The Morgan fingerprint density at radius 3 is 2.36 bits per heavy atom. The largest absolute Gasteiger partial charge is 0.449 e. The summed E-state index contributed by atoms with van der Waals surface area (Å²) in [7, 11) is 0. The van der Waals surface area contributed by atoms with E-state index in [1.54, 1.807) is 18.2 Å². The highest BCUT2D eigenvalue weighted by molar-refractivity contribution is 8.03. The Hall–Kier alpha value is -3.51. The second kappa shape index (κ2) is 9.96. The molecule has 33 heavy (non-hydrogen) atoms. The fraction of sp³-hybridized carbons (Fsp3) is 0.200. The van der Waals surface area contributed by atoms with Crippen molar-refractivity contribution in [2.45, 2.75) is 23.0 Å². The van der Waals surface area contributed by atoms with Crippen LogP contribution in [0.5, 0.6) is 0 Å². The number of anilines is 1. The quantitative estimate of drug-likeness (QED) is 0.239. The van der Waals surface area contributed by atoms with Crippen LogP contribution in [0.1, 0.15) is 28.7 Å². The molecule has 5 N–H and O–H groups in total. The van der Waals surface area contributed by atoms with Gasteiger partial charge in [0.2, 0.25) is 0 Å². The fourth-order valence-electron chi connectivity index (χ4n) is 4.08. The van der Waals surface area contributed by atoms with Gasteiger partial charge in [-0.2, -0.15) is 5.26 Å². The van der Waals surface area contributed by atoms with E-state index in [9.17, 15) is 15.0 Å². The molecule has 7 nitrogen and oxygen atoms in total. The molecule has 4 rings (SSSR count). The maximum atomic E-state index is 12.3. The number of thioether (sulfide) groups is 1. The number of nitrogens with zero attached hydrogens (tertiary/aromatic N) is 1. The number of hydrogen-bond donors (Lipinski definition) is 4. The molecule has 2 unspecified atom stereocenters. The van der Waals surface area contributed by atoms with E-state index in [1.165, 1.54) is 0 Å². The molecule has 3 aromatic rings. The van der Waals surface area contributed by atoms with Crippen molar-refractivity contribution in [1.82, 2.24) is 5.32 Å². The van der Waals surface area contributed by atoms with Crippen molar-refractivity contribution >= 4 is 23.5 Å². The molecule has 0 spiro atoms. The highest BCUT2D eigenvalue weighted by Crippen LogP contribution is 2.44. The monoisotopic (exact) mass is 461 g/mol. The van der Waals surface area contributed by atoms with Crippen molar-refractivity contribution < 1.29 is 19.7 Å². The first-order valence-electron chi connectivity index (χ1n) is 10.4. The summed E-state index contributed by atoms with van der Waals surface area (Å²) in [5, 5.41) is 34.1. The molecule has 2 atom stereocenters. The minimum absolute atomic E-state index is 0.0705. The number of ether oxygens (including phenoxy) is 1. The number of benzene rings is 3. The van der Waals surface area contributed by atoms with Crippen molar-refractivity contribution in [3.8, 4) is 16.5 Å². The highest BCUT2D eigenvalue weighted by Gasteiger charge is 2.29. The highest BCUT2D eigenvalue weighted by atomic mass is 32.2. The summed E-state index contributed by atoms with van der Waals surface area (Å²) in [4.78, 5) is 12.9. The zero-order valence-electron chi connectivity index (χ0n) is 17.6. The Morgan fingerprint density at radius 1 is 1.09 bits per heavy atom. The number of nitrogens with two attached hydrogens (primary N) is 1. The molecule has 168 valence electrons. The Labute approximate surface area is 195 Å². The number of alkyl carbamates (subject to hydrolysis) is 1. The van der Waals surface area contributed by atoms with Crippen molar-refractivity contribution in [2.75, 3.05) is 18.9 Å². The number of fused-ring (bicyclic) bond motifs is 3. The zero-order valence-corrected chi connectivity index (χ0v) is 18.5. The van der Waals surface area contributed by atoms with Gasteiger partial charge in [0.15, 0.2) is 0 Å². The van der Waals surface area contributed by atoms with Gasteiger partial charge in [0.05, 0.1) is 0 Å². The summed E-state index contributed by atoms with van der Waals surface area (Å²) in [5.41, 5.74) is 10.9. The second-order valence-corrected chi connectivity index (χ2v) is 8.56. The third kappa shape index (κ3) is 4.81. The first-order valence-corrected chi connectivity index (χ1v) is 11.2. The zero-order chi connectivity index (χ0) is 23.4. The van der Waals surface area contributed by atoms with Gasteiger partial charge in [-0.15, -0.1) is 0 Å². The molecule has 0 bridgehead atoms. The van der Waals surface area contributed by atoms with Gasteiger partial charge in [-0.3, -0.25) is 0 Å². The van der Waals surface area contributed by atoms with Gasteiger partial charge in [-0.1, -0.05) is 48.5 Å². The number of carbonyl (C=O) groups is 1. The number of hydrogen-bond acceptors (Lipinski definition) is 7. The summed E-state index contributed by atoms with van der Waals surface area (Å²) in [6.45, 7) is -0.0776. The molecule has 0 aliphatic heterocycles. The molecule has 0 aromatic heterocycles. The number of rotatable bonds is 7. The molecule has 1 aliphatic carbocycles. The van der Waals surface area contributed by atoms with E-state index < -0.39 is 18.3 Å². The summed E-state index contributed by atoms with van der Waals surface area (Å²) in [6.07, 6.45) is -3.34. The maximum absolute atomic E-state index is 12.3. The second-order valence-electron chi connectivity index (χ2n) is 7.70. The lowest BCUT2D eigenvalue weighted by Crippen LogP contribution is -2.36. The normalized spacial score (nSPS) is 14.0. The predicted molar refractivity (Wildman–Crippen MR) is 126 cm³/mol. The Kier molecular flexibility index (Phi) is 6.84. The summed E-state index contributed by atoms with van der Waals surface area (Å²) in [6, 6.07) is 20.8. The number of aliphatic hydroxyl groups excluding tert-OH is 2. The molecule has 3 aromatic carbocycles. The molecule has 1 aliphatic rings. The number of amides is 1. The van der Waals surface area contributed by atoms with Gasteiger partial charge in [0.25, 0.3) is 0 Å². The fourth-order valence-corrected chi connectivity index (χ4v) is 4.51. The summed E-state index contributed by atoms with van der Waals surface area (Å²) >= 11 is 0.922. The molecular formula is C25H23N3O4S. The minimum Gasteiger partial charge on any atom is -0.449 e. The van der Waals surface area contributed by atoms with Crippen LogP contribution in [-0.2, 0) is 4.74 Å². The number of nitrogen functional groups attached to an aromatic ring is 1. The average Bonchev–Trinajstić information content (AvgIpc) is 3.16. The van der Waals surface area contributed by atoms with Crippen molar-refractivity contribution in [3.63, 3.8) is 0 Å². The summed E-state index contributed by atoms with van der Waals surface area (Å²) < 4.78 is 5.44. The standard InChI is InChI=1S/C25H23N3O4S/c26-14-33-15-9-10-22(27)20(11-15)24(30)23(29)12-28-25(31)32-13-21-18-7-3-1-5-16(18)17-6-2-4-8-19(17)21/h1-11,21,23-24,29-30H,12-13,27H2,(H,28,31). The molecule has 0 heterocycles. The lowest BCUT2D eigenvalue weighted by molar-refractivity contribution is 0.0188. The number of nitriles is 1. The van der Waals surface area contributed by atoms with Crippen LogP contribution in [-0.4, -0.2) is 35.6 Å². The van der Waals surface area contributed by atoms with Crippen molar-refractivity contribution in [1.29, 1.82) is 5.26 Å². The van der Waals surface area contributed by atoms with Crippen LogP contribution < -0.4 is 11.1 Å². The van der Waals surface area contributed by atoms with E-state index in [-0.39, 0.29) is 30.3 Å². The molecule has 0 radical (unpaired) electrons. The summed E-state index contributed by atoms with van der Waals surface area (Å²) in [5.74, 6) is -0.0705. The molecular weight excluding hydrogens is 438 g/mol. The van der Waals surface area contributed by atoms with Crippen LogP contribution in [0.2, 0.25) is 0 Å². The Bertz CT molecular complexity index is 1160. The van der Waals surface area contributed by atoms with Crippen LogP contribution in [0, 0.1) is 10.7 Å². The van der Waals surface area contributed by atoms with Crippen LogP contribution >= 0.6 is 11.8 Å². The van der Waals surface area contributed by atoms with E-state index in [1.807, 2.05) is 41.8 Å². The molecule has 8 heteroatoms. The SMILES string of the molecule is N#CSc1ccc(N)c(C(O)C(O)CNC(=O)OCC2c3ccccc3-c3ccccc32)c1. The smallest absolute Gasteiger partial charge is 0.407 e. The third-order valence-corrected chi connectivity index (χ3v) is 6.28. The number of thiocyanates is 1. The van der Waals surface area contributed by atoms with Gasteiger partial charge in [0, 0.05) is 28.6 Å². The Morgan fingerprint density at radius 2 is 1.73 bits per heavy atom. The van der Waals surface area contributed by atoms with Crippen molar-refractivity contribution in [2.24, 2.45) is 0 Å². The van der Waals surface area contributed by atoms with E-state index in [2.05, 4.69) is 17.4 Å². The van der Waals surface area contributed by atoms with E-state index in [0.29, 0.717) is 4.90 Å². The van der Waals surface area contributed by atoms with Gasteiger partial charge in [-0.05, 0) is 52.2 Å². The van der Waals surface area contributed by atoms with Gasteiger partial charge in [0.1, 0.15) is 24.2 Å². The molecule has 0 saturated carbocycles. The predicted octanol–water partition coefficient (Wildman–Crippen LogP) is 3.77. The van der Waals surface area contributed by atoms with Crippen LogP contribution in [0.15, 0.2) is 71.6 Å². The number of carbonyl (C=O) groups excluding carboxylic acids is 1. The molecule has 1 amide bonds. The molecule has 0 fully saturated rings. The van der Waals surface area contributed by atoms with Crippen LogP contribution in [0.25, 0.3) is 11.1 Å². The topological polar surface area (TPSA) is 129 Å². The number of nitrogens with one attached hydrogen (secondary N) is 1. The lowest BCUT2D eigenvalue weighted by atomic mass is 9.98. The number of aliphatic hydroxyl groups is 2. The van der Waals surface area contributed by atoms with E-state index >= 15 is 0 Å². The first-order chi connectivity index (χ1) is 16.0. The van der Waals surface area contributed by atoms with Gasteiger partial charge >= 0.3 is 6.09 Å².